The van der Waals surface area contributed by atoms with Gasteiger partial charge in [0.15, 0.2) is 5.65 Å². The third kappa shape index (κ3) is 3.37. The molecular weight excluding hydrogens is 364 g/mol. The van der Waals surface area contributed by atoms with E-state index >= 15 is 0 Å². The van der Waals surface area contributed by atoms with Gasteiger partial charge in [-0.2, -0.15) is 0 Å². The summed E-state index contributed by atoms with van der Waals surface area (Å²) in [5.74, 6) is 0. The molecule has 2 aromatic carbocycles. The van der Waals surface area contributed by atoms with Crippen molar-refractivity contribution in [1.29, 1.82) is 0 Å². The average Bonchev–Trinajstić information content (AvgIpc) is 2.96. The van der Waals surface area contributed by atoms with E-state index in [1.165, 1.54) is 0 Å². The third-order valence-electron chi connectivity index (χ3n) is 4.96. The van der Waals surface area contributed by atoms with Crippen molar-refractivity contribution in [3.05, 3.63) is 48.0 Å². The lowest BCUT2D eigenvalue weighted by molar-refractivity contribution is 0.103. The lowest BCUT2D eigenvalue weighted by Gasteiger charge is -2.26. The van der Waals surface area contributed by atoms with E-state index in [0.717, 1.165) is 38.7 Å². The number of aliphatic hydroxyl groups is 2. The zero-order valence-electron chi connectivity index (χ0n) is 15.3. The van der Waals surface area contributed by atoms with Gasteiger partial charge in [0.25, 0.3) is 0 Å². The number of aryl methyl sites for hydroxylation is 1. The molecule has 0 saturated heterocycles. The van der Waals surface area contributed by atoms with Crippen LogP contribution in [0.5, 0.6) is 0 Å². The van der Waals surface area contributed by atoms with Crippen LogP contribution in [-0.2, 0) is 13.6 Å². The predicted molar refractivity (Wildman–Crippen MR) is 110 cm³/mol. The van der Waals surface area contributed by atoms with E-state index in [2.05, 4.69) is 22.0 Å². The van der Waals surface area contributed by atoms with Gasteiger partial charge in [-0.15, -0.1) is 12.4 Å². The molecule has 0 amide bonds. The van der Waals surface area contributed by atoms with Crippen molar-refractivity contribution in [2.75, 3.05) is 13.2 Å². The Morgan fingerprint density at radius 2 is 1.70 bits per heavy atom. The van der Waals surface area contributed by atoms with Gasteiger partial charge >= 0.3 is 0 Å². The van der Waals surface area contributed by atoms with Crippen LogP contribution in [0.15, 0.2) is 42.5 Å². The second-order valence-corrected chi connectivity index (χ2v) is 7.03. The van der Waals surface area contributed by atoms with Crippen LogP contribution in [0.25, 0.3) is 33.1 Å². The highest BCUT2D eigenvalue weighted by Crippen LogP contribution is 2.28. The molecule has 142 valence electrons. The van der Waals surface area contributed by atoms with E-state index in [0.29, 0.717) is 6.54 Å². The summed E-state index contributed by atoms with van der Waals surface area (Å²) in [7, 11) is 2.00. The Balaban J connectivity index is 0.00000210. The normalized spacial score (nSPS) is 12.0. The Kier molecular flexibility index (Phi) is 5.35. The van der Waals surface area contributed by atoms with Crippen molar-refractivity contribution in [2.45, 2.75) is 19.0 Å². The molecule has 4 aromatic rings. The number of benzene rings is 2. The van der Waals surface area contributed by atoms with Crippen LogP contribution in [0.3, 0.4) is 0 Å². The number of hydrogen-bond donors (Lipinski definition) is 3. The molecule has 0 spiro atoms. The summed E-state index contributed by atoms with van der Waals surface area (Å²) < 4.78 is 2.06. The van der Waals surface area contributed by atoms with Crippen molar-refractivity contribution >= 4 is 45.5 Å². The monoisotopic (exact) mass is 386 g/mol. The largest absolute Gasteiger partial charge is 0.394 e. The number of para-hydroxylation sites is 2. The van der Waals surface area contributed by atoms with Crippen molar-refractivity contribution in [1.82, 2.24) is 19.9 Å². The third-order valence-corrected chi connectivity index (χ3v) is 4.96. The first-order valence-electron chi connectivity index (χ1n) is 8.65. The summed E-state index contributed by atoms with van der Waals surface area (Å²) in [5, 5.41) is 23.1. The second kappa shape index (κ2) is 7.40. The zero-order valence-corrected chi connectivity index (χ0v) is 16.1. The van der Waals surface area contributed by atoms with Gasteiger partial charge < -0.3 is 20.1 Å². The van der Waals surface area contributed by atoms with Gasteiger partial charge in [0, 0.05) is 19.0 Å². The molecule has 4 rings (SSSR count). The van der Waals surface area contributed by atoms with E-state index in [9.17, 15) is 10.2 Å². The summed E-state index contributed by atoms with van der Waals surface area (Å²) in [6.07, 6.45) is 0. The molecule has 0 saturated carbocycles. The molecule has 0 aliphatic rings. The van der Waals surface area contributed by atoms with Crippen LogP contribution < -0.4 is 5.32 Å². The van der Waals surface area contributed by atoms with Crippen LogP contribution in [0.4, 0.5) is 0 Å². The molecule has 2 aromatic heterocycles. The standard InChI is InChI=1S/C20H22N4O2.ClH/c1-20(11-25,12-26)21-10-13-7-8-17-14(9-13)18-19(24(17)2)23-16-6-4-3-5-15(16)22-18;/h3-9,21,25-26H,10-12H2,1-2H3;1H. The Labute approximate surface area is 163 Å². The zero-order chi connectivity index (χ0) is 18.3. The molecule has 0 aliphatic carbocycles. The first kappa shape index (κ1) is 19.5. The smallest absolute Gasteiger partial charge is 0.160 e. The minimum absolute atomic E-state index is 0. The van der Waals surface area contributed by atoms with Crippen molar-refractivity contribution in [3.63, 3.8) is 0 Å². The van der Waals surface area contributed by atoms with Crippen molar-refractivity contribution < 1.29 is 10.2 Å². The summed E-state index contributed by atoms with van der Waals surface area (Å²) in [4.78, 5) is 9.60. The number of nitrogens with zero attached hydrogens (tertiary/aromatic N) is 3. The fourth-order valence-corrected chi connectivity index (χ4v) is 3.17. The highest BCUT2D eigenvalue weighted by molar-refractivity contribution is 6.06. The lowest BCUT2D eigenvalue weighted by atomic mass is 10.0. The lowest BCUT2D eigenvalue weighted by Crippen LogP contribution is -2.48. The quantitative estimate of drug-likeness (QED) is 0.491. The molecule has 0 unspecified atom stereocenters. The molecule has 0 radical (unpaired) electrons. The number of halogens is 1. The Morgan fingerprint density at radius 1 is 1.04 bits per heavy atom. The number of nitrogens with one attached hydrogen (secondary N) is 1. The first-order valence-corrected chi connectivity index (χ1v) is 8.65. The average molecular weight is 387 g/mol. The topological polar surface area (TPSA) is 83.2 Å². The Morgan fingerprint density at radius 3 is 2.37 bits per heavy atom. The fourth-order valence-electron chi connectivity index (χ4n) is 3.17. The molecule has 7 heteroatoms. The van der Waals surface area contributed by atoms with E-state index in [-0.39, 0.29) is 25.6 Å². The molecule has 27 heavy (non-hydrogen) atoms. The minimum atomic E-state index is -0.705. The fraction of sp³-hybridized carbons (Fsp3) is 0.300. The summed E-state index contributed by atoms with van der Waals surface area (Å²) in [6, 6.07) is 14.1. The van der Waals surface area contributed by atoms with Gasteiger partial charge in [0.05, 0.1) is 35.3 Å². The van der Waals surface area contributed by atoms with Crippen LogP contribution in [0, 0.1) is 0 Å². The number of hydrogen-bond acceptors (Lipinski definition) is 5. The van der Waals surface area contributed by atoms with E-state index in [1.54, 1.807) is 6.92 Å². The number of aromatic nitrogens is 3. The van der Waals surface area contributed by atoms with Gasteiger partial charge in [0.2, 0.25) is 0 Å². The molecular formula is C20H23ClN4O2. The SMILES string of the molecule is Cl.Cn1c2ccc(CNC(C)(CO)CO)cc2c2nc3ccccc3nc21. The maximum atomic E-state index is 9.44. The highest BCUT2D eigenvalue weighted by atomic mass is 35.5. The predicted octanol–water partition coefficient (Wildman–Crippen LogP) is 2.53. The Hall–Kier alpha value is -2.25. The Bertz CT molecular complexity index is 1110. The molecule has 6 nitrogen and oxygen atoms in total. The first-order chi connectivity index (χ1) is 12.5. The molecule has 0 bridgehead atoms. The van der Waals surface area contributed by atoms with Gasteiger partial charge in [-0.25, -0.2) is 9.97 Å². The van der Waals surface area contributed by atoms with Crippen LogP contribution in [0.1, 0.15) is 12.5 Å². The van der Waals surface area contributed by atoms with Crippen LogP contribution in [-0.4, -0.2) is 43.5 Å². The van der Waals surface area contributed by atoms with Crippen LogP contribution in [0.2, 0.25) is 0 Å². The minimum Gasteiger partial charge on any atom is -0.394 e. The maximum Gasteiger partial charge on any atom is 0.160 e. The number of fused-ring (bicyclic) bond motifs is 4. The molecule has 2 heterocycles. The van der Waals surface area contributed by atoms with Crippen molar-refractivity contribution in [2.24, 2.45) is 7.05 Å². The van der Waals surface area contributed by atoms with E-state index < -0.39 is 5.54 Å². The maximum absolute atomic E-state index is 9.44. The van der Waals surface area contributed by atoms with Gasteiger partial charge in [0.1, 0.15) is 5.52 Å². The highest BCUT2D eigenvalue weighted by Gasteiger charge is 2.21. The molecule has 3 N–H and O–H groups in total. The molecule has 0 fully saturated rings. The van der Waals surface area contributed by atoms with Gasteiger partial charge in [-0.1, -0.05) is 18.2 Å². The van der Waals surface area contributed by atoms with E-state index in [4.69, 9.17) is 9.97 Å². The number of rotatable bonds is 5. The van der Waals surface area contributed by atoms with Crippen LogP contribution >= 0.6 is 12.4 Å². The molecule has 0 atom stereocenters. The summed E-state index contributed by atoms with van der Waals surface area (Å²) in [6.45, 7) is 2.08. The van der Waals surface area contributed by atoms with Gasteiger partial charge in [-0.05, 0) is 36.8 Å². The molecule has 0 aliphatic heterocycles. The number of aliphatic hydroxyl groups excluding tert-OH is 2. The van der Waals surface area contributed by atoms with Crippen molar-refractivity contribution in [3.8, 4) is 0 Å². The van der Waals surface area contributed by atoms with Gasteiger partial charge in [-0.3, -0.25) is 0 Å². The summed E-state index contributed by atoms with van der Waals surface area (Å²) >= 11 is 0. The second-order valence-electron chi connectivity index (χ2n) is 7.03. The van der Waals surface area contributed by atoms with E-state index in [1.807, 2.05) is 37.4 Å². The summed E-state index contributed by atoms with van der Waals surface area (Å²) in [5.41, 5.74) is 4.94.